The number of hydrogen-bond donors (Lipinski definition) is 4. The highest BCUT2D eigenvalue weighted by molar-refractivity contribution is 6.23. The lowest BCUT2D eigenvalue weighted by atomic mass is 9.90. The number of hydrogen-bond acceptors (Lipinski definition) is 5. The monoisotopic (exact) mass is 1060 g/mol. The van der Waals surface area contributed by atoms with Gasteiger partial charge in [0.15, 0.2) is 0 Å². The van der Waals surface area contributed by atoms with Gasteiger partial charge in [0, 0.05) is 68.3 Å². The van der Waals surface area contributed by atoms with Crippen LogP contribution in [0.25, 0.3) is 32.3 Å². The van der Waals surface area contributed by atoms with Crippen molar-refractivity contribution in [2.24, 2.45) is 0 Å². The third-order valence-electron chi connectivity index (χ3n) is 15.3. The van der Waals surface area contributed by atoms with Crippen molar-refractivity contribution < 1.29 is 41.2 Å². The number of carbonyl (C=O) groups is 5. The van der Waals surface area contributed by atoms with Gasteiger partial charge in [-0.2, -0.15) is 0 Å². The van der Waals surface area contributed by atoms with Gasteiger partial charge in [-0.25, -0.2) is 0 Å². The summed E-state index contributed by atoms with van der Waals surface area (Å²) in [6.07, 6.45) is 7.02. The first-order valence-corrected chi connectivity index (χ1v) is 28.5. The summed E-state index contributed by atoms with van der Waals surface area (Å²) in [5.41, 5.74) is 20.7. The van der Waals surface area contributed by atoms with Crippen molar-refractivity contribution in [1.29, 1.82) is 0 Å². The Balaban J connectivity index is 0.895. The molecule has 0 saturated carbocycles. The van der Waals surface area contributed by atoms with E-state index in [4.69, 9.17) is 0 Å². The van der Waals surface area contributed by atoms with Crippen LogP contribution in [0.15, 0.2) is 152 Å². The number of nitrogens with one attached hydrogen (secondary N) is 1. The summed E-state index contributed by atoms with van der Waals surface area (Å²) >= 11 is 0. The van der Waals surface area contributed by atoms with Crippen molar-refractivity contribution in [3.63, 3.8) is 0 Å². The summed E-state index contributed by atoms with van der Waals surface area (Å²) in [4.78, 5) is 75.5. The van der Waals surface area contributed by atoms with Gasteiger partial charge in [-0.1, -0.05) is 103 Å². The van der Waals surface area contributed by atoms with Crippen LogP contribution in [0.1, 0.15) is 92.0 Å². The zero-order chi connectivity index (χ0) is 55.1. The number of aryl methyl sites for hydroxylation is 1. The third-order valence-corrected chi connectivity index (χ3v) is 15.3. The van der Waals surface area contributed by atoms with Gasteiger partial charge in [0.25, 0.3) is 0 Å². The molecule has 0 aromatic heterocycles. The first kappa shape index (κ1) is 55.8. The van der Waals surface area contributed by atoms with E-state index in [0.717, 1.165) is 51.4 Å². The standard InChI is InChI=1S/C66H74N8O5/c67-37-33-61(76)71-41-1-2-42-72(62(77)34-38-68)56-26-15-49(16-27-56)46-50-17-30-58(31-18-50)74(44-4-3-43-73(63(78)35-39-69)57-28-13-48(14-29-57)45-47-11-24-55(71)25-12-47)64(79)36-40-70-60(75)10-6-7-51-19-20-54-22-21-52-8-5-9-53-23-32-59(51)66(54)65(52)53/h5,8-9,11-32H,1-4,6-7,10,33-46,67-69H2,(H,70,75)/p+3. The Kier molecular flexibility index (Phi) is 19.1. The summed E-state index contributed by atoms with van der Waals surface area (Å²) in [6.45, 7) is 3.68. The summed E-state index contributed by atoms with van der Waals surface area (Å²) in [6, 6.07) is 52.1. The number of quaternary nitrogens is 3. The minimum Gasteiger partial charge on any atom is -0.357 e. The fourth-order valence-electron chi connectivity index (χ4n) is 11.2. The first-order valence-electron chi connectivity index (χ1n) is 28.5. The van der Waals surface area contributed by atoms with Gasteiger partial charge in [-0.15, -0.1) is 0 Å². The summed E-state index contributed by atoms with van der Waals surface area (Å²) in [5.74, 6) is -0.104. The van der Waals surface area contributed by atoms with Gasteiger partial charge in [-0.05, 0) is 160 Å². The molecule has 0 aliphatic carbocycles. The van der Waals surface area contributed by atoms with Crippen molar-refractivity contribution in [2.45, 2.75) is 83.5 Å². The molecule has 0 atom stereocenters. The Morgan fingerprint density at radius 2 is 0.747 bits per heavy atom. The largest absolute Gasteiger partial charge is 0.357 e. The molecule has 8 aromatic rings. The van der Waals surface area contributed by atoms with Crippen molar-refractivity contribution in [2.75, 3.05) is 72.0 Å². The van der Waals surface area contributed by atoms with E-state index in [1.807, 2.05) is 68.1 Å². The minimum atomic E-state index is -0.0868. The molecule has 0 radical (unpaired) electrons. The molecule has 408 valence electrons. The second-order valence-corrected chi connectivity index (χ2v) is 21.0. The number of anilines is 4. The highest BCUT2D eigenvalue weighted by atomic mass is 16.2. The number of rotatable bonds is 13. The van der Waals surface area contributed by atoms with Crippen molar-refractivity contribution in [3.8, 4) is 0 Å². The SMILES string of the molecule is [NH3+]CCC(=O)N1CCCCN(C(=O)CC[NH3+])c2ccc(cc2)Cc2ccc(cc2)N(C(=O)CCNC(=O)CCCc2ccc3ccc4cccc5ccc2c3c45)CCCCN(C(=O)CC[NH3+])c2ccc(cc2)Cc2ccc1cc2. The van der Waals surface area contributed by atoms with E-state index >= 15 is 0 Å². The number of carbonyl (C=O) groups excluding carboxylic acids is 5. The minimum absolute atomic E-state index is 0.00645. The molecule has 13 nitrogen and oxygen atoms in total. The molecule has 0 fully saturated rings. The number of benzene rings is 8. The smallest absolute Gasteiger partial charge is 0.232 e. The quantitative estimate of drug-likeness (QED) is 0.0855. The van der Waals surface area contributed by atoms with E-state index in [9.17, 15) is 24.0 Å². The van der Waals surface area contributed by atoms with Crippen molar-refractivity contribution >= 4 is 84.6 Å². The molecule has 7 heterocycles. The number of amides is 5. The van der Waals surface area contributed by atoms with E-state index in [1.54, 1.807) is 0 Å². The lowest BCUT2D eigenvalue weighted by molar-refractivity contribution is -0.366. The predicted molar refractivity (Wildman–Crippen MR) is 317 cm³/mol. The average molecular weight is 1060 g/mol. The number of nitrogens with zero attached hydrogens (tertiary/aromatic N) is 4. The molecule has 0 saturated heterocycles. The molecule has 10 N–H and O–H groups in total. The molecular formula is C66H77N8O5+3. The van der Waals surface area contributed by atoms with E-state index in [2.05, 4.69) is 126 Å². The van der Waals surface area contributed by atoms with Crippen molar-refractivity contribution in [1.82, 2.24) is 5.32 Å². The molecule has 8 bridgehead atoms. The predicted octanol–water partition coefficient (Wildman–Crippen LogP) is 7.80. The Morgan fingerprint density at radius 3 is 1.14 bits per heavy atom. The highest BCUT2D eigenvalue weighted by Gasteiger charge is 2.22. The van der Waals surface area contributed by atoms with Crippen LogP contribution in [0.4, 0.5) is 22.7 Å². The molecule has 15 rings (SSSR count). The molecule has 5 amide bonds. The van der Waals surface area contributed by atoms with Crippen LogP contribution in [0.3, 0.4) is 0 Å². The Bertz CT molecular complexity index is 3330. The Hall–Kier alpha value is -7.97. The second-order valence-electron chi connectivity index (χ2n) is 21.0. The van der Waals surface area contributed by atoms with Crippen LogP contribution in [0.2, 0.25) is 0 Å². The molecule has 7 aliphatic heterocycles. The lowest BCUT2D eigenvalue weighted by Crippen LogP contribution is -2.52. The van der Waals surface area contributed by atoms with Crippen molar-refractivity contribution in [3.05, 3.63) is 179 Å². The maximum atomic E-state index is 14.3. The van der Waals surface area contributed by atoms with E-state index < -0.39 is 0 Å². The van der Waals surface area contributed by atoms with E-state index in [-0.39, 0.29) is 42.5 Å². The maximum Gasteiger partial charge on any atom is 0.232 e. The fourth-order valence-corrected chi connectivity index (χ4v) is 11.2. The molecule has 0 unspecified atom stereocenters. The van der Waals surface area contributed by atoms with Gasteiger partial charge >= 0.3 is 0 Å². The van der Waals surface area contributed by atoms with Gasteiger partial charge in [0.05, 0.1) is 38.9 Å². The summed E-state index contributed by atoms with van der Waals surface area (Å²) in [7, 11) is 0. The van der Waals surface area contributed by atoms with Crippen LogP contribution in [0.5, 0.6) is 0 Å². The Morgan fingerprint density at radius 1 is 0.392 bits per heavy atom. The lowest BCUT2D eigenvalue weighted by Gasteiger charge is -2.26. The van der Waals surface area contributed by atoms with Crippen LogP contribution < -0.4 is 42.1 Å². The topological polar surface area (TPSA) is 193 Å². The van der Waals surface area contributed by atoms with Gasteiger partial charge < -0.3 is 42.1 Å². The van der Waals surface area contributed by atoms with Crippen LogP contribution >= 0.6 is 0 Å². The zero-order valence-corrected chi connectivity index (χ0v) is 45.7. The molecule has 8 aromatic carbocycles. The maximum absolute atomic E-state index is 14.3. The highest BCUT2D eigenvalue weighted by Crippen LogP contribution is 2.36. The molecule has 7 aliphatic rings. The second kappa shape index (κ2) is 27.1. The molecule has 13 heteroatoms. The first-order chi connectivity index (χ1) is 38.6. The average Bonchev–Trinajstić information content (AvgIpc) is 3.62. The third kappa shape index (κ3) is 14.0. The van der Waals surface area contributed by atoms with Gasteiger partial charge in [0.1, 0.15) is 0 Å². The van der Waals surface area contributed by atoms with Gasteiger partial charge in [-0.3, -0.25) is 24.0 Å². The summed E-state index contributed by atoms with van der Waals surface area (Å²) in [5, 5.41) is 10.5. The normalized spacial score (nSPS) is 14.0. The zero-order valence-electron chi connectivity index (χ0n) is 45.7. The molecular weight excluding hydrogens is 985 g/mol. The summed E-state index contributed by atoms with van der Waals surface area (Å²) < 4.78 is 0. The molecule has 0 spiro atoms. The Labute approximate surface area is 464 Å². The fraction of sp³-hybridized carbons (Fsp3) is 0.318. The van der Waals surface area contributed by atoms with Crippen LogP contribution in [-0.2, 0) is 43.2 Å². The van der Waals surface area contributed by atoms with Crippen LogP contribution in [-0.4, -0.2) is 81.9 Å². The van der Waals surface area contributed by atoms with Crippen LogP contribution in [0, 0.1) is 0 Å². The van der Waals surface area contributed by atoms with E-state index in [1.165, 1.54) is 37.9 Å². The van der Waals surface area contributed by atoms with E-state index in [0.29, 0.717) is 116 Å². The molecule has 79 heavy (non-hydrogen) atoms. The van der Waals surface area contributed by atoms with Gasteiger partial charge in [0.2, 0.25) is 29.5 Å².